The summed E-state index contributed by atoms with van der Waals surface area (Å²) in [7, 11) is 0. The second-order valence-electron chi connectivity index (χ2n) is 8.50. The van der Waals surface area contributed by atoms with Crippen LogP contribution in [-0.2, 0) is 9.53 Å². The molecular formula is C29H31BrN2O6S. The standard InChI is InChI=1S/C29H31BrN2O6S/c1-6-35-21-12-10-18(14-20(21)30)15-24-27(33)32-26(19-11-13-22(36-7-2)23(16-19)37-8-3)25(28(34)38-9-4)17(5)31-29(32)39-24/h10-16,26H,6-9H2,1-5H3/b24-15-/t26-/m0/s1. The van der Waals surface area contributed by atoms with Crippen molar-refractivity contribution in [3.05, 3.63) is 83.0 Å². The van der Waals surface area contributed by atoms with Crippen molar-refractivity contribution in [2.24, 2.45) is 4.99 Å². The molecule has 0 radical (unpaired) electrons. The van der Waals surface area contributed by atoms with Crippen molar-refractivity contribution in [3.63, 3.8) is 0 Å². The molecule has 3 aromatic rings. The van der Waals surface area contributed by atoms with Gasteiger partial charge in [-0.05, 0) is 92.0 Å². The van der Waals surface area contributed by atoms with E-state index in [0.29, 0.717) is 57.5 Å². The number of hydrogen-bond donors (Lipinski definition) is 0. The van der Waals surface area contributed by atoms with Crippen LogP contribution in [0.2, 0.25) is 0 Å². The highest BCUT2D eigenvalue weighted by molar-refractivity contribution is 9.10. The summed E-state index contributed by atoms with van der Waals surface area (Å²) >= 11 is 4.81. The van der Waals surface area contributed by atoms with Crippen LogP contribution in [-0.4, -0.2) is 37.0 Å². The number of carbonyl (C=O) groups excluding carboxylic acids is 1. The lowest BCUT2D eigenvalue weighted by Crippen LogP contribution is -2.40. The molecule has 0 aliphatic carbocycles. The van der Waals surface area contributed by atoms with Crippen LogP contribution < -0.4 is 29.1 Å². The number of ether oxygens (including phenoxy) is 4. The number of halogens is 1. The predicted molar refractivity (Wildman–Crippen MR) is 154 cm³/mol. The number of allylic oxidation sites excluding steroid dienone is 1. The number of thiazole rings is 1. The van der Waals surface area contributed by atoms with Gasteiger partial charge >= 0.3 is 5.97 Å². The first kappa shape index (κ1) is 28.6. The molecule has 0 fully saturated rings. The normalized spacial score (nSPS) is 15.0. The van der Waals surface area contributed by atoms with Crippen LogP contribution in [0.25, 0.3) is 6.08 Å². The van der Waals surface area contributed by atoms with Crippen molar-refractivity contribution in [2.75, 3.05) is 26.4 Å². The summed E-state index contributed by atoms with van der Waals surface area (Å²) in [4.78, 5) is 32.2. The minimum absolute atomic E-state index is 0.201. The van der Waals surface area contributed by atoms with E-state index >= 15 is 0 Å². The van der Waals surface area contributed by atoms with Crippen LogP contribution in [0.15, 0.2) is 61.9 Å². The number of nitrogens with zero attached hydrogens (tertiary/aromatic N) is 2. The number of benzene rings is 2. The Morgan fingerprint density at radius 1 is 0.974 bits per heavy atom. The highest BCUT2D eigenvalue weighted by Gasteiger charge is 2.34. The molecule has 0 unspecified atom stereocenters. The van der Waals surface area contributed by atoms with Gasteiger partial charge in [-0.3, -0.25) is 9.36 Å². The lowest BCUT2D eigenvalue weighted by Gasteiger charge is -2.25. The second-order valence-corrected chi connectivity index (χ2v) is 10.4. The van der Waals surface area contributed by atoms with Gasteiger partial charge in [-0.2, -0.15) is 0 Å². The van der Waals surface area contributed by atoms with Gasteiger partial charge in [0.1, 0.15) is 5.75 Å². The van der Waals surface area contributed by atoms with Gasteiger partial charge in [0.05, 0.1) is 52.7 Å². The summed E-state index contributed by atoms with van der Waals surface area (Å²) in [6, 6.07) is 10.4. The maximum absolute atomic E-state index is 13.9. The minimum Gasteiger partial charge on any atom is -0.493 e. The molecule has 1 aliphatic rings. The largest absolute Gasteiger partial charge is 0.493 e. The van der Waals surface area contributed by atoms with Gasteiger partial charge < -0.3 is 18.9 Å². The number of aromatic nitrogens is 1. The predicted octanol–water partition coefficient (Wildman–Crippen LogP) is 4.76. The zero-order chi connectivity index (χ0) is 28.1. The van der Waals surface area contributed by atoms with Crippen molar-refractivity contribution < 1.29 is 23.7 Å². The Balaban J connectivity index is 1.91. The third-order valence-corrected chi connectivity index (χ3v) is 7.56. The summed E-state index contributed by atoms with van der Waals surface area (Å²) in [5, 5.41) is 0. The van der Waals surface area contributed by atoms with E-state index < -0.39 is 12.0 Å². The molecule has 39 heavy (non-hydrogen) atoms. The topological polar surface area (TPSA) is 88.4 Å². The summed E-state index contributed by atoms with van der Waals surface area (Å²) in [5.74, 6) is 1.35. The first-order chi connectivity index (χ1) is 18.8. The molecule has 0 amide bonds. The molecule has 0 saturated heterocycles. The molecule has 1 aliphatic heterocycles. The van der Waals surface area contributed by atoms with E-state index in [1.807, 2.05) is 57.2 Å². The monoisotopic (exact) mass is 614 g/mol. The molecule has 1 aromatic heterocycles. The average Bonchev–Trinajstić information content (AvgIpc) is 3.20. The number of fused-ring (bicyclic) bond motifs is 1. The Hall–Kier alpha value is -3.37. The number of rotatable bonds is 10. The lowest BCUT2D eigenvalue weighted by atomic mass is 9.95. The van der Waals surface area contributed by atoms with Crippen molar-refractivity contribution in [1.29, 1.82) is 0 Å². The molecule has 2 heterocycles. The Kier molecular flexibility index (Phi) is 9.29. The van der Waals surface area contributed by atoms with Crippen molar-refractivity contribution >= 4 is 39.3 Å². The smallest absolute Gasteiger partial charge is 0.338 e. The zero-order valence-electron chi connectivity index (χ0n) is 22.6. The summed E-state index contributed by atoms with van der Waals surface area (Å²) in [5.41, 5.74) is 2.08. The van der Waals surface area contributed by atoms with Crippen molar-refractivity contribution in [2.45, 2.75) is 40.7 Å². The maximum atomic E-state index is 13.9. The molecule has 0 spiro atoms. The van der Waals surface area contributed by atoms with E-state index in [1.54, 1.807) is 24.5 Å². The minimum atomic E-state index is -0.746. The maximum Gasteiger partial charge on any atom is 0.338 e. The molecule has 8 nitrogen and oxygen atoms in total. The van der Waals surface area contributed by atoms with E-state index in [0.717, 1.165) is 15.8 Å². The van der Waals surface area contributed by atoms with Crippen LogP contribution >= 0.6 is 27.3 Å². The van der Waals surface area contributed by atoms with Gasteiger partial charge in [-0.25, -0.2) is 9.79 Å². The van der Waals surface area contributed by atoms with Gasteiger partial charge in [0, 0.05) is 0 Å². The van der Waals surface area contributed by atoms with E-state index in [1.165, 1.54) is 11.3 Å². The Bertz CT molecular complexity index is 1590. The Morgan fingerprint density at radius 3 is 2.31 bits per heavy atom. The fourth-order valence-corrected chi connectivity index (χ4v) is 5.93. The number of carbonyl (C=O) groups is 1. The summed E-state index contributed by atoms with van der Waals surface area (Å²) < 4.78 is 25.4. The molecular weight excluding hydrogens is 584 g/mol. The first-order valence-electron chi connectivity index (χ1n) is 12.8. The van der Waals surface area contributed by atoms with Gasteiger partial charge in [-0.1, -0.05) is 23.5 Å². The van der Waals surface area contributed by atoms with E-state index in [-0.39, 0.29) is 12.2 Å². The SMILES string of the molecule is CCOC(=O)C1=C(C)N=c2s/c(=C\c3ccc(OCC)c(Br)c3)c(=O)n2[C@H]1c1ccc(OCC)c(OCC)c1. The Labute approximate surface area is 239 Å². The quantitative estimate of drug-likeness (QED) is 0.306. The van der Waals surface area contributed by atoms with Gasteiger partial charge in [0.2, 0.25) is 0 Å². The molecule has 206 valence electrons. The number of esters is 1. The van der Waals surface area contributed by atoms with E-state index in [9.17, 15) is 9.59 Å². The molecule has 4 rings (SSSR count). The molecule has 0 saturated carbocycles. The summed E-state index contributed by atoms with van der Waals surface area (Å²) in [6.45, 7) is 10.9. The lowest BCUT2D eigenvalue weighted by molar-refractivity contribution is -0.139. The van der Waals surface area contributed by atoms with Crippen LogP contribution in [0.3, 0.4) is 0 Å². The molecule has 0 N–H and O–H groups in total. The first-order valence-corrected chi connectivity index (χ1v) is 14.4. The van der Waals surface area contributed by atoms with E-state index in [2.05, 4.69) is 20.9 Å². The van der Waals surface area contributed by atoms with Crippen LogP contribution in [0.5, 0.6) is 17.2 Å². The van der Waals surface area contributed by atoms with Crippen LogP contribution in [0, 0.1) is 0 Å². The van der Waals surface area contributed by atoms with Gasteiger partial charge in [0.25, 0.3) is 5.56 Å². The van der Waals surface area contributed by atoms with E-state index in [4.69, 9.17) is 18.9 Å². The van der Waals surface area contributed by atoms with Crippen molar-refractivity contribution in [3.8, 4) is 17.2 Å². The average molecular weight is 616 g/mol. The highest BCUT2D eigenvalue weighted by atomic mass is 79.9. The fraction of sp³-hybridized carbons (Fsp3) is 0.345. The van der Waals surface area contributed by atoms with Crippen molar-refractivity contribution in [1.82, 2.24) is 4.57 Å². The molecule has 1 atom stereocenters. The third kappa shape index (κ3) is 5.96. The third-order valence-electron chi connectivity index (χ3n) is 5.95. The molecule has 10 heteroatoms. The zero-order valence-corrected chi connectivity index (χ0v) is 25.0. The van der Waals surface area contributed by atoms with Crippen LogP contribution in [0.1, 0.15) is 51.8 Å². The Morgan fingerprint density at radius 2 is 1.64 bits per heavy atom. The molecule has 2 aromatic carbocycles. The van der Waals surface area contributed by atoms with Crippen LogP contribution in [0.4, 0.5) is 0 Å². The highest BCUT2D eigenvalue weighted by Crippen LogP contribution is 2.36. The van der Waals surface area contributed by atoms with Gasteiger partial charge in [-0.15, -0.1) is 0 Å². The fourth-order valence-electron chi connectivity index (χ4n) is 4.38. The second kappa shape index (κ2) is 12.7. The molecule has 0 bridgehead atoms. The summed E-state index contributed by atoms with van der Waals surface area (Å²) in [6.07, 6.45) is 1.81. The number of hydrogen-bond acceptors (Lipinski definition) is 8. The van der Waals surface area contributed by atoms with Gasteiger partial charge in [0.15, 0.2) is 16.3 Å².